The van der Waals surface area contributed by atoms with Crippen LogP contribution >= 0.6 is 0 Å². The van der Waals surface area contributed by atoms with Crippen molar-refractivity contribution < 1.29 is 4.74 Å². The van der Waals surface area contributed by atoms with Gasteiger partial charge in [0.15, 0.2) is 11.9 Å². The smallest absolute Gasteiger partial charge is 0.169 e. The van der Waals surface area contributed by atoms with Gasteiger partial charge in [0.05, 0.1) is 33.2 Å². The minimum Gasteiger partial charge on any atom is -0.454 e. The average molecular weight is 820 g/mol. The fourth-order valence-corrected chi connectivity index (χ4v) is 11.0. The molecule has 1 atom stereocenters. The molecule has 0 aliphatic carbocycles. The average Bonchev–Trinajstić information content (AvgIpc) is 3.90. The highest BCUT2D eigenvalue weighted by Gasteiger charge is 2.51. The minimum atomic E-state index is -0.692. The Hall–Kier alpha value is -8.48. The molecule has 6 nitrogen and oxygen atoms in total. The van der Waals surface area contributed by atoms with E-state index in [1.165, 1.54) is 38.6 Å². The van der Waals surface area contributed by atoms with E-state index in [2.05, 4.69) is 190 Å². The molecule has 1 spiro atoms. The largest absolute Gasteiger partial charge is 0.454 e. The van der Waals surface area contributed by atoms with Crippen molar-refractivity contribution in [2.45, 2.75) is 11.6 Å². The second-order valence-electron chi connectivity index (χ2n) is 16.9. The lowest BCUT2D eigenvalue weighted by Gasteiger charge is -2.45. The first-order valence-electron chi connectivity index (χ1n) is 21.9. The molecule has 0 saturated heterocycles. The molecule has 0 fully saturated rings. The van der Waals surface area contributed by atoms with Crippen LogP contribution < -0.4 is 10.1 Å². The van der Waals surface area contributed by atoms with Gasteiger partial charge in [0.1, 0.15) is 17.4 Å². The van der Waals surface area contributed by atoms with Crippen molar-refractivity contribution in [1.82, 2.24) is 14.5 Å². The van der Waals surface area contributed by atoms with Crippen molar-refractivity contribution >= 4 is 55.3 Å². The van der Waals surface area contributed by atoms with Gasteiger partial charge in [0, 0.05) is 55.0 Å². The molecule has 0 saturated carbocycles. The molecule has 3 aliphatic rings. The molecule has 3 aliphatic heterocycles. The number of nitrogens with one attached hydrogen (secondary N) is 1. The fourth-order valence-electron chi connectivity index (χ4n) is 11.0. The Balaban J connectivity index is 1.05. The summed E-state index contributed by atoms with van der Waals surface area (Å²) in [5.74, 6) is 3.28. The summed E-state index contributed by atoms with van der Waals surface area (Å²) in [4.78, 5) is 10.5. The quantitative estimate of drug-likeness (QED) is 0.192. The number of para-hydroxylation sites is 5. The summed E-state index contributed by atoms with van der Waals surface area (Å²) in [5, 5.41) is 8.33. The summed E-state index contributed by atoms with van der Waals surface area (Å²) in [6, 6.07) is 76.0. The maximum atomic E-state index is 7.36. The highest BCUT2D eigenvalue weighted by molar-refractivity contribution is 6.16. The van der Waals surface area contributed by atoms with E-state index >= 15 is 0 Å². The fraction of sp³-hybridized carbons (Fsp3) is 0.0345. The molecule has 6 heteroatoms. The van der Waals surface area contributed by atoms with E-state index in [1.54, 1.807) is 0 Å². The number of amidine groups is 2. The molecular formula is C58H37N5O. The van der Waals surface area contributed by atoms with Gasteiger partial charge in [-0.3, -0.25) is 0 Å². The zero-order chi connectivity index (χ0) is 41.9. The zero-order valence-corrected chi connectivity index (χ0v) is 34.5. The van der Waals surface area contributed by atoms with Gasteiger partial charge in [-0.2, -0.15) is 0 Å². The summed E-state index contributed by atoms with van der Waals surface area (Å²) >= 11 is 0. The lowest BCUT2D eigenvalue weighted by molar-refractivity contribution is 0.438. The Bertz CT molecular complexity index is 3750. The maximum absolute atomic E-state index is 7.36. The van der Waals surface area contributed by atoms with E-state index in [1.807, 2.05) is 36.4 Å². The Morgan fingerprint density at radius 1 is 0.438 bits per heavy atom. The number of ether oxygens (including phenoxy) is 1. The lowest BCUT2D eigenvalue weighted by atomic mass is 9.61. The van der Waals surface area contributed by atoms with Crippen molar-refractivity contribution in [3.8, 4) is 22.9 Å². The monoisotopic (exact) mass is 819 g/mol. The van der Waals surface area contributed by atoms with Crippen LogP contribution in [0.5, 0.6) is 11.5 Å². The molecule has 1 unspecified atom stereocenters. The van der Waals surface area contributed by atoms with E-state index in [0.717, 1.165) is 78.5 Å². The molecule has 5 heterocycles. The van der Waals surface area contributed by atoms with Gasteiger partial charge >= 0.3 is 0 Å². The third-order valence-electron chi connectivity index (χ3n) is 13.6. The van der Waals surface area contributed by atoms with Gasteiger partial charge in [-0.1, -0.05) is 176 Å². The minimum absolute atomic E-state index is 0.481. The second kappa shape index (κ2) is 13.3. The Kier molecular flexibility index (Phi) is 7.28. The molecule has 0 bridgehead atoms. The van der Waals surface area contributed by atoms with Gasteiger partial charge in [-0.05, 0) is 47.5 Å². The predicted octanol–water partition coefficient (Wildman–Crippen LogP) is 13.2. The van der Waals surface area contributed by atoms with Gasteiger partial charge in [-0.15, -0.1) is 0 Å². The maximum Gasteiger partial charge on any atom is 0.169 e. The van der Waals surface area contributed by atoms with Gasteiger partial charge < -0.3 is 19.2 Å². The summed E-state index contributed by atoms with van der Waals surface area (Å²) in [6.45, 7) is 0. The number of hydrogen-bond acceptors (Lipinski definition) is 4. The number of aromatic nitrogens is 2. The molecule has 2 aromatic heterocycles. The molecule has 0 radical (unpaired) electrons. The van der Waals surface area contributed by atoms with Crippen LogP contribution in [0.4, 0.5) is 0 Å². The summed E-state index contributed by atoms with van der Waals surface area (Å²) in [5.41, 5.74) is 13.8. The first-order valence-corrected chi connectivity index (χ1v) is 21.9. The standard InChI is InChI=1S/C58H37N5O/c1-3-17-36(18-4-1)55-59-56(37-19-5-2-6-20-37)61-57(60-55)38-21-15-22-39(35-38)62-48-29-11-7-24-41(48)43-33-34-47-54(53(43)62)64-51-32-14-10-27-45(51)58(47)44-26-9-13-31-50(44)63-49-30-12-8-23-40(49)42-25-16-28-46(58)52(42)63/h1-35,57H,(H,59,60,61). The zero-order valence-electron chi connectivity index (χ0n) is 34.5. The number of aliphatic imine (C=N–C) groups is 2. The van der Waals surface area contributed by atoms with Gasteiger partial charge in [0.25, 0.3) is 0 Å². The Morgan fingerprint density at radius 2 is 1.02 bits per heavy atom. The topological polar surface area (TPSA) is 55.8 Å². The third kappa shape index (κ3) is 4.74. The molecule has 1 N–H and O–H groups in total. The highest BCUT2D eigenvalue weighted by atomic mass is 16.5. The first kappa shape index (κ1) is 35.2. The number of fused-ring (bicyclic) bond motifs is 15. The lowest BCUT2D eigenvalue weighted by Crippen LogP contribution is -2.37. The van der Waals surface area contributed by atoms with E-state index < -0.39 is 11.6 Å². The van der Waals surface area contributed by atoms with Crippen molar-refractivity contribution in [3.05, 3.63) is 251 Å². The van der Waals surface area contributed by atoms with Gasteiger partial charge in [-0.25, -0.2) is 9.98 Å². The number of hydrogen-bond donors (Lipinski definition) is 1. The number of rotatable bonds is 4. The van der Waals surface area contributed by atoms with Crippen LogP contribution in [-0.4, -0.2) is 20.8 Å². The SMILES string of the molecule is c1ccc(C2=NC(c3cccc(-n4c5ccccc5c5ccc6c(c54)Oc4ccccc4C64c5ccccc5-n5c6ccccc6c6cccc4c65)c3)N=C(c3ccccc3)N2)cc1. The Labute approximate surface area is 368 Å². The molecule has 300 valence electrons. The first-order chi connectivity index (χ1) is 31.8. The van der Waals surface area contributed by atoms with E-state index in [9.17, 15) is 0 Å². The van der Waals surface area contributed by atoms with Gasteiger partial charge in [0.2, 0.25) is 0 Å². The molecule has 9 aromatic carbocycles. The van der Waals surface area contributed by atoms with Crippen LogP contribution in [0.15, 0.2) is 222 Å². The van der Waals surface area contributed by atoms with Crippen LogP contribution in [0, 0.1) is 0 Å². The molecule has 14 rings (SSSR count). The van der Waals surface area contributed by atoms with E-state index in [0.29, 0.717) is 0 Å². The van der Waals surface area contributed by atoms with E-state index in [-0.39, 0.29) is 0 Å². The second-order valence-corrected chi connectivity index (χ2v) is 16.9. The Morgan fingerprint density at radius 3 is 1.77 bits per heavy atom. The summed E-state index contributed by atoms with van der Waals surface area (Å²) < 4.78 is 12.2. The highest BCUT2D eigenvalue weighted by Crippen LogP contribution is 2.62. The van der Waals surface area contributed by atoms with Crippen LogP contribution in [-0.2, 0) is 5.41 Å². The van der Waals surface area contributed by atoms with Crippen molar-refractivity contribution in [2.24, 2.45) is 9.98 Å². The number of nitrogens with zero attached hydrogens (tertiary/aromatic N) is 4. The molecule has 64 heavy (non-hydrogen) atoms. The normalized spacial score (nSPS) is 16.2. The molecule has 0 amide bonds. The van der Waals surface area contributed by atoms with Crippen molar-refractivity contribution in [1.29, 1.82) is 0 Å². The van der Waals surface area contributed by atoms with Crippen molar-refractivity contribution in [2.75, 3.05) is 0 Å². The van der Waals surface area contributed by atoms with Crippen LogP contribution in [0.2, 0.25) is 0 Å². The summed E-state index contributed by atoms with van der Waals surface area (Å²) in [6.07, 6.45) is -0.481. The molecular weight excluding hydrogens is 783 g/mol. The van der Waals surface area contributed by atoms with E-state index in [4.69, 9.17) is 14.7 Å². The van der Waals surface area contributed by atoms with Crippen LogP contribution in [0.3, 0.4) is 0 Å². The van der Waals surface area contributed by atoms with Crippen LogP contribution in [0.1, 0.15) is 45.1 Å². The number of benzene rings is 9. The van der Waals surface area contributed by atoms with Crippen LogP contribution in [0.25, 0.3) is 55.0 Å². The predicted molar refractivity (Wildman–Crippen MR) is 259 cm³/mol. The summed E-state index contributed by atoms with van der Waals surface area (Å²) in [7, 11) is 0. The molecule has 11 aromatic rings. The van der Waals surface area contributed by atoms with Crippen molar-refractivity contribution in [3.63, 3.8) is 0 Å². The third-order valence-corrected chi connectivity index (χ3v) is 13.6.